The highest BCUT2D eigenvalue weighted by atomic mass is 32.1. The van der Waals surface area contributed by atoms with Gasteiger partial charge in [-0.1, -0.05) is 24.3 Å². The number of carbonyl (C=O) groups excluding carboxylic acids is 2. The molecule has 1 aliphatic rings. The first-order chi connectivity index (χ1) is 15.7. The summed E-state index contributed by atoms with van der Waals surface area (Å²) in [6, 6.07) is 18.0. The third-order valence-corrected chi connectivity index (χ3v) is 5.60. The molecule has 3 heterocycles. The molecule has 2 aromatic carbocycles. The molecule has 0 bridgehead atoms. The van der Waals surface area contributed by atoms with Crippen LogP contribution in [0, 0.1) is 0 Å². The zero-order valence-corrected chi connectivity index (χ0v) is 17.6. The molecule has 0 spiro atoms. The molecule has 0 fully saturated rings. The van der Waals surface area contributed by atoms with E-state index in [0.717, 1.165) is 10.6 Å². The van der Waals surface area contributed by atoms with Crippen LogP contribution in [-0.4, -0.2) is 46.3 Å². The van der Waals surface area contributed by atoms with E-state index in [4.69, 9.17) is 14.2 Å². The second-order valence-electron chi connectivity index (χ2n) is 6.84. The Bertz CT molecular complexity index is 1270. The summed E-state index contributed by atoms with van der Waals surface area (Å²) >= 11 is 1.48. The Morgan fingerprint density at radius 1 is 1.00 bits per heavy atom. The van der Waals surface area contributed by atoms with E-state index in [1.165, 1.54) is 11.3 Å². The molecule has 0 atom stereocenters. The maximum Gasteiger partial charge on any atom is 0.378 e. The average Bonchev–Trinajstić information content (AvgIpc) is 3.53. The van der Waals surface area contributed by atoms with Gasteiger partial charge in [0.2, 0.25) is 0 Å². The highest BCUT2D eigenvalue weighted by molar-refractivity contribution is 7.13. The summed E-state index contributed by atoms with van der Waals surface area (Å²) < 4.78 is 17.8. The summed E-state index contributed by atoms with van der Waals surface area (Å²) in [6.07, 6.45) is 0. The number of rotatable bonds is 6. The van der Waals surface area contributed by atoms with Crippen LogP contribution in [0.2, 0.25) is 0 Å². The van der Waals surface area contributed by atoms with E-state index < -0.39 is 12.6 Å². The topological polar surface area (TPSA) is 92.5 Å². The highest BCUT2D eigenvalue weighted by Gasteiger charge is 2.22. The average molecular weight is 447 g/mol. The molecule has 0 aliphatic carbocycles. The molecule has 0 unspecified atom stereocenters. The molecule has 0 saturated carbocycles. The number of nitrogens with zero attached hydrogens (tertiary/aromatic N) is 3. The van der Waals surface area contributed by atoms with E-state index in [1.54, 1.807) is 22.9 Å². The van der Waals surface area contributed by atoms with Crippen LogP contribution in [0.5, 0.6) is 11.5 Å². The maximum atomic E-state index is 12.6. The Labute approximate surface area is 187 Å². The summed E-state index contributed by atoms with van der Waals surface area (Å²) in [5, 5.41) is 6.25. The molecule has 8 nitrogen and oxygen atoms in total. The Morgan fingerprint density at radius 2 is 1.81 bits per heavy atom. The number of ether oxygens (including phenoxy) is 3. The molecule has 2 aromatic heterocycles. The highest BCUT2D eigenvalue weighted by Crippen LogP contribution is 2.31. The zero-order chi connectivity index (χ0) is 21.9. The van der Waals surface area contributed by atoms with E-state index >= 15 is 0 Å². The van der Waals surface area contributed by atoms with Crippen molar-refractivity contribution in [2.45, 2.75) is 0 Å². The molecule has 0 amide bonds. The zero-order valence-electron chi connectivity index (χ0n) is 16.8. The molecule has 0 radical (unpaired) electrons. The number of fused-ring (bicyclic) bond motifs is 1. The van der Waals surface area contributed by atoms with Crippen molar-refractivity contribution in [3.8, 4) is 27.9 Å². The minimum Gasteiger partial charge on any atom is -0.486 e. The second kappa shape index (κ2) is 8.64. The molecule has 5 rings (SSSR count). The third kappa shape index (κ3) is 3.97. The number of hydrogen-bond donors (Lipinski definition) is 0. The maximum absolute atomic E-state index is 12.6. The van der Waals surface area contributed by atoms with Gasteiger partial charge >= 0.3 is 5.97 Å². The van der Waals surface area contributed by atoms with Gasteiger partial charge in [0.25, 0.3) is 5.82 Å². The lowest BCUT2D eigenvalue weighted by Crippen LogP contribution is -2.18. The molecule has 32 heavy (non-hydrogen) atoms. The number of hydrogen-bond acceptors (Lipinski definition) is 8. The van der Waals surface area contributed by atoms with Crippen molar-refractivity contribution in [2.75, 3.05) is 19.8 Å². The molecular weight excluding hydrogens is 430 g/mol. The lowest BCUT2D eigenvalue weighted by atomic mass is 10.1. The van der Waals surface area contributed by atoms with Crippen LogP contribution in [0.25, 0.3) is 16.4 Å². The van der Waals surface area contributed by atoms with Gasteiger partial charge in [-0.25, -0.2) is 9.48 Å². The van der Waals surface area contributed by atoms with Crippen molar-refractivity contribution in [1.82, 2.24) is 14.8 Å². The number of carbonyl (C=O) groups is 2. The quantitative estimate of drug-likeness (QED) is 0.328. The SMILES string of the molecule is O=C(COC(=O)c1nc(-c2cccs2)n(-c2ccccc2)n1)c1ccc2c(c1)OCCO2. The fourth-order valence-corrected chi connectivity index (χ4v) is 3.91. The van der Waals surface area contributed by atoms with E-state index in [1.807, 2.05) is 47.8 Å². The van der Waals surface area contributed by atoms with Gasteiger partial charge in [0, 0.05) is 5.56 Å². The van der Waals surface area contributed by atoms with Crippen molar-refractivity contribution in [3.63, 3.8) is 0 Å². The molecule has 4 aromatic rings. The normalized spacial score (nSPS) is 12.4. The van der Waals surface area contributed by atoms with Crippen molar-refractivity contribution in [2.24, 2.45) is 0 Å². The van der Waals surface area contributed by atoms with E-state index in [-0.39, 0.29) is 11.6 Å². The Kier molecular flexibility index (Phi) is 5.39. The van der Waals surface area contributed by atoms with Gasteiger partial charge in [0.15, 0.2) is 29.7 Å². The summed E-state index contributed by atoms with van der Waals surface area (Å²) in [5.74, 6) is 0.349. The van der Waals surface area contributed by atoms with E-state index in [9.17, 15) is 9.59 Å². The fourth-order valence-electron chi connectivity index (χ4n) is 3.21. The standard InChI is InChI=1S/C23H17N3O5S/c27-17(15-8-9-18-19(13-15)30-11-10-29-18)14-31-23(28)21-24-22(20-7-4-12-32-20)26(25-21)16-5-2-1-3-6-16/h1-9,12-13H,10-11,14H2. The van der Waals surface area contributed by atoms with Gasteiger partial charge in [-0.2, -0.15) is 4.98 Å². The summed E-state index contributed by atoms with van der Waals surface area (Å²) in [5.41, 5.74) is 1.12. The number of thiophene rings is 1. The van der Waals surface area contributed by atoms with Crippen LogP contribution < -0.4 is 9.47 Å². The number of aromatic nitrogens is 3. The molecule has 0 N–H and O–H groups in total. The number of Topliss-reactive ketones (excluding diaryl/α,β-unsaturated/α-hetero) is 1. The van der Waals surface area contributed by atoms with Crippen molar-refractivity contribution < 1.29 is 23.8 Å². The lowest BCUT2D eigenvalue weighted by molar-refractivity contribution is 0.0462. The van der Waals surface area contributed by atoms with Gasteiger partial charge in [-0.3, -0.25) is 4.79 Å². The Balaban J connectivity index is 1.34. The van der Waals surface area contributed by atoms with Crippen molar-refractivity contribution in [3.05, 3.63) is 77.4 Å². The first kappa shape index (κ1) is 20.0. The summed E-state index contributed by atoms with van der Waals surface area (Å²) in [6.45, 7) is 0.447. The Hall–Kier alpha value is -3.98. The first-order valence-corrected chi connectivity index (χ1v) is 10.7. The molecule has 9 heteroatoms. The Morgan fingerprint density at radius 3 is 2.59 bits per heavy atom. The number of benzene rings is 2. The van der Waals surface area contributed by atoms with Gasteiger partial charge in [0.1, 0.15) is 13.2 Å². The fraction of sp³-hybridized carbons (Fsp3) is 0.130. The van der Waals surface area contributed by atoms with Crippen molar-refractivity contribution in [1.29, 1.82) is 0 Å². The van der Waals surface area contributed by atoms with E-state index in [0.29, 0.717) is 36.1 Å². The van der Waals surface area contributed by atoms with Gasteiger partial charge in [0.05, 0.1) is 10.6 Å². The van der Waals surface area contributed by atoms with Crippen LogP contribution in [0.15, 0.2) is 66.0 Å². The van der Waals surface area contributed by atoms with Gasteiger partial charge < -0.3 is 14.2 Å². The van der Waals surface area contributed by atoms with Crippen molar-refractivity contribution >= 4 is 23.1 Å². The largest absolute Gasteiger partial charge is 0.486 e. The van der Waals surface area contributed by atoms with E-state index in [2.05, 4.69) is 10.1 Å². The summed E-state index contributed by atoms with van der Waals surface area (Å²) in [4.78, 5) is 30.4. The number of ketones is 1. The predicted octanol–water partition coefficient (Wildman–Crippen LogP) is 3.81. The van der Waals surface area contributed by atoms with Crippen LogP contribution in [-0.2, 0) is 4.74 Å². The lowest BCUT2D eigenvalue weighted by Gasteiger charge is -2.18. The van der Waals surface area contributed by atoms with Crippen LogP contribution >= 0.6 is 11.3 Å². The second-order valence-corrected chi connectivity index (χ2v) is 7.79. The monoisotopic (exact) mass is 447 g/mol. The van der Waals surface area contributed by atoms with Gasteiger partial charge in [-0.15, -0.1) is 16.4 Å². The van der Waals surface area contributed by atoms with Crippen LogP contribution in [0.4, 0.5) is 0 Å². The summed E-state index contributed by atoms with van der Waals surface area (Å²) in [7, 11) is 0. The van der Waals surface area contributed by atoms with Crippen LogP contribution in [0.1, 0.15) is 21.0 Å². The number of para-hydroxylation sites is 1. The number of esters is 1. The molecule has 160 valence electrons. The molecule has 1 aliphatic heterocycles. The third-order valence-electron chi connectivity index (χ3n) is 4.73. The minimum atomic E-state index is -0.775. The molecular formula is C23H17N3O5S. The smallest absolute Gasteiger partial charge is 0.378 e. The molecule has 0 saturated heterocycles. The van der Waals surface area contributed by atoms with Gasteiger partial charge in [-0.05, 0) is 41.8 Å². The first-order valence-electron chi connectivity index (χ1n) is 9.85. The minimum absolute atomic E-state index is 0.118. The predicted molar refractivity (Wildman–Crippen MR) is 117 cm³/mol. The van der Waals surface area contributed by atoms with Crippen LogP contribution in [0.3, 0.4) is 0 Å².